The number of anilines is 1. The summed E-state index contributed by atoms with van der Waals surface area (Å²) in [6, 6.07) is 17.4. The number of aromatic amines is 1. The molecule has 2 N–H and O–H groups in total. The zero-order valence-corrected chi connectivity index (χ0v) is 22.9. The molecule has 0 aliphatic rings. The molecule has 0 atom stereocenters. The number of para-hydroxylation sites is 1. The van der Waals surface area contributed by atoms with E-state index < -0.39 is 0 Å². The van der Waals surface area contributed by atoms with Crippen LogP contribution in [0.2, 0.25) is 0 Å². The summed E-state index contributed by atoms with van der Waals surface area (Å²) in [5.41, 5.74) is 4.80. The van der Waals surface area contributed by atoms with Gasteiger partial charge in [0.15, 0.2) is 20.6 Å². The van der Waals surface area contributed by atoms with E-state index in [1.807, 2.05) is 66.9 Å². The summed E-state index contributed by atoms with van der Waals surface area (Å²) in [4.78, 5) is 31.5. The Morgan fingerprint density at radius 2 is 1.89 bits per heavy atom. The van der Waals surface area contributed by atoms with Crippen molar-refractivity contribution < 1.29 is 4.79 Å². The van der Waals surface area contributed by atoms with Gasteiger partial charge in [0.25, 0.3) is 5.56 Å². The third-order valence-electron chi connectivity index (χ3n) is 5.84. The second-order valence-electron chi connectivity index (χ2n) is 8.47. The van der Waals surface area contributed by atoms with Crippen LogP contribution >= 0.6 is 35.3 Å². The first-order valence-corrected chi connectivity index (χ1v) is 13.9. The van der Waals surface area contributed by atoms with Crippen LogP contribution in [0.4, 0.5) is 5.82 Å². The molecule has 3 aromatic heterocycles. The van der Waals surface area contributed by atoms with Gasteiger partial charge in [-0.15, -0.1) is 0 Å². The summed E-state index contributed by atoms with van der Waals surface area (Å²) in [5.74, 6) is 0.246. The van der Waals surface area contributed by atoms with Gasteiger partial charge in [-0.05, 0) is 61.8 Å². The van der Waals surface area contributed by atoms with Crippen LogP contribution in [0.1, 0.15) is 23.7 Å². The van der Waals surface area contributed by atoms with Crippen molar-refractivity contribution in [2.24, 2.45) is 0 Å². The number of thioether (sulfide) groups is 1. The number of nitrogens with one attached hydrogen (secondary N) is 2. The van der Waals surface area contributed by atoms with E-state index in [2.05, 4.69) is 22.4 Å². The van der Waals surface area contributed by atoms with Gasteiger partial charge < -0.3 is 5.32 Å². The molecule has 1 amide bonds. The highest BCUT2D eigenvalue weighted by Crippen LogP contribution is 2.28. The van der Waals surface area contributed by atoms with Crippen LogP contribution in [0.25, 0.3) is 21.7 Å². The monoisotopic (exact) mass is 548 g/mol. The fourth-order valence-corrected chi connectivity index (χ4v) is 6.06. The van der Waals surface area contributed by atoms with Crippen molar-refractivity contribution in [3.8, 4) is 11.4 Å². The summed E-state index contributed by atoms with van der Waals surface area (Å²) in [6.45, 7) is 5.90. The van der Waals surface area contributed by atoms with Gasteiger partial charge in [0.05, 0.1) is 11.4 Å². The highest BCUT2D eigenvalue weighted by atomic mass is 32.2. The predicted molar refractivity (Wildman–Crippen MR) is 152 cm³/mol. The summed E-state index contributed by atoms with van der Waals surface area (Å²) < 4.78 is 4.40. The number of H-pyrrole nitrogens is 1. The van der Waals surface area contributed by atoms with Gasteiger partial charge in [-0.1, -0.05) is 60.4 Å². The standard InChI is InChI=1S/C26H24N6O2S3/c1-4-17-9-11-18(12-10-17)31-23-22(37-26(31)35)24(34)32(19-8-6-5-7-15(19)2)25(28-23)36-14-21(33)27-20-13-16(3)29-30-20/h5-13H,4,14H2,1-3H3,(H2,27,29,30,33). The number of carbonyl (C=O) groups excluding carboxylic acids is 1. The summed E-state index contributed by atoms with van der Waals surface area (Å²) in [5, 5.41) is 10.0. The van der Waals surface area contributed by atoms with Crippen molar-refractivity contribution in [3.05, 3.63) is 85.7 Å². The molecule has 0 radical (unpaired) electrons. The Kier molecular flexibility index (Phi) is 7.09. The molecule has 0 fully saturated rings. The van der Waals surface area contributed by atoms with Gasteiger partial charge in [-0.3, -0.25) is 23.8 Å². The largest absolute Gasteiger partial charge is 0.308 e. The lowest BCUT2D eigenvalue weighted by atomic mass is 10.1. The summed E-state index contributed by atoms with van der Waals surface area (Å²) >= 11 is 8.11. The van der Waals surface area contributed by atoms with E-state index in [1.165, 1.54) is 28.7 Å². The molecule has 0 aliphatic carbocycles. The van der Waals surface area contributed by atoms with Crippen molar-refractivity contribution >= 4 is 57.4 Å². The Hall–Kier alpha value is -3.54. The molecule has 0 spiro atoms. The lowest BCUT2D eigenvalue weighted by Gasteiger charge is -2.14. The first-order chi connectivity index (χ1) is 17.9. The van der Waals surface area contributed by atoms with Crippen molar-refractivity contribution in [3.63, 3.8) is 0 Å². The topological polar surface area (TPSA) is 97.6 Å². The van der Waals surface area contributed by atoms with Crippen molar-refractivity contribution in [1.29, 1.82) is 0 Å². The van der Waals surface area contributed by atoms with Crippen LogP contribution in [0, 0.1) is 17.8 Å². The Morgan fingerprint density at radius 1 is 1.14 bits per heavy atom. The number of aromatic nitrogens is 5. The second-order valence-corrected chi connectivity index (χ2v) is 11.1. The molecule has 0 bridgehead atoms. The maximum atomic E-state index is 13.9. The fraction of sp³-hybridized carbons (Fsp3) is 0.192. The van der Waals surface area contributed by atoms with E-state index in [-0.39, 0.29) is 17.2 Å². The molecule has 0 unspecified atom stereocenters. The Bertz CT molecular complexity index is 1730. The Balaban J connectivity index is 1.62. The number of fused-ring (bicyclic) bond motifs is 1. The fourth-order valence-electron chi connectivity index (χ4n) is 3.96. The second kappa shape index (κ2) is 10.4. The first-order valence-electron chi connectivity index (χ1n) is 11.6. The summed E-state index contributed by atoms with van der Waals surface area (Å²) in [7, 11) is 0. The zero-order chi connectivity index (χ0) is 26.1. The van der Waals surface area contributed by atoms with Crippen LogP contribution in [0.3, 0.4) is 0 Å². The maximum Gasteiger partial charge on any atom is 0.278 e. The van der Waals surface area contributed by atoms with Crippen molar-refractivity contribution in [2.45, 2.75) is 32.3 Å². The van der Waals surface area contributed by atoms with E-state index in [4.69, 9.17) is 17.2 Å². The molecule has 8 nitrogen and oxygen atoms in total. The highest BCUT2D eigenvalue weighted by Gasteiger charge is 2.20. The molecule has 2 aromatic carbocycles. The van der Waals surface area contributed by atoms with Gasteiger partial charge >= 0.3 is 0 Å². The lowest BCUT2D eigenvalue weighted by Crippen LogP contribution is -2.23. The third-order valence-corrected chi connectivity index (χ3v) is 8.13. The van der Waals surface area contributed by atoms with Gasteiger partial charge in [0.2, 0.25) is 5.91 Å². The third kappa shape index (κ3) is 5.02. The smallest absolute Gasteiger partial charge is 0.278 e. The zero-order valence-electron chi connectivity index (χ0n) is 20.4. The Labute approximate surface area is 226 Å². The number of aryl methyl sites for hydroxylation is 3. The number of rotatable bonds is 7. The molecule has 3 heterocycles. The number of hydrogen-bond acceptors (Lipinski definition) is 7. The average molecular weight is 549 g/mol. The minimum Gasteiger partial charge on any atom is -0.308 e. The minimum absolute atomic E-state index is 0.0474. The predicted octanol–water partition coefficient (Wildman–Crippen LogP) is 5.60. The normalized spacial score (nSPS) is 11.2. The van der Waals surface area contributed by atoms with Crippen LogP contribution in [0.5, 0.6) is 0 Å². The lowest BCUT2D eigenvalue weighted by molar-refractivity contribution is -0.113. The number of benzene rings is 2. The van der Waals surface area contributed by atoms with Gasteiger partial charge in [-0.25, -0.2) is 4.98 Å². The molecule has 0 saturated carbocycles. The average Bonchev–Trinajstić information content (AvgIpc) is 3.45. The van der Waals surface area contributed by atoms with Crippen LogP contribution in [-0.2, 0) is 11.2 Å². The van der Waals surface area contributed by atoms with Crippen LogP contribution < -0.4 is 10.9 Å². The number of nitrogens with zero attached hydrogens (tertiary/aromatic N) is 4. The van der Waals surface area contributed by atoms with Crippen molar-refractivity contribution in [1.82, 2.24) is 24.3 Å². The molecule has 0 aliphatic heterocycles. The molecule has 5 aromatic rings. The molecule has 11 heteroatoms. The van der Waals surface area contributed by atoms with E-state index in [9.17, 15) is 9.59 Å². The maximum absolute atomic E-state index is 13.9. The molecule has 37 heavy (non-hydrogen) atoms. The summed E-state index contributed by atoms with van der Waals surface area (Å²) in [6.07, 6.45) is 0.927. The minimum atomic E-state index is -0.250. The quantitative estimate of drug-likeness (QED) is 0.156. The van der Waals surface area contributed by atoms with Gasteiger partial charge in [-0.2, -0.15) is 5.10 Å². The van der Waals surface area contributed by atoms with E-state index in [0.29, 0.717) is 31.0 Å². The SMILES string of the molecule is CCc1ccc(-n2c(=S)sc3c(=O)n(-c4ccccc4C)c(SCC(=O)Nc4cc(C)[nH]n4)nc32)cc1. The van der Waals surface area contributed by atoms with E-state index in [0.717, 1.165) is 23.4 Å². The number of thiazole rings is 1. The first kappa shape index (κ1) is 25.1. The Morgan fingerprint density at radius 3 is 2.57 bits per heavy atom. The number of carbonyl (C=O) groups is 1. The number of hydrogen-bond donors (Lipinski definition) is 2. The molecule has 5 rings (SSSR count). The van der Waals surface area contributed by atoms with E-state index >= 15 is 0 Å². The van der Waals surface area contributed by atoms with Crippen molar-refractivity contribution in [2.75, 3.05) is 11.1 Å². The van der Waals surface area contributed by atoms with Crippen LogP contribution in [-0.4, -0.2) is 36.0 Å². The molecule has 188 valence electrons. The molecular formula is C26H24N6O2S3. The molecular weight excluding hydrogens is 525 g/mol. The number of amides is 1. The van der Waals surface area contributed by atoms with Crippen LogP contribution in [0.15, 0.2) is 64.5 Å². The highest BCUT2D eigenvalue weighted by molar-refractivity contribution is 7.99. The van der Waals surface area contributed by atoms with Gasteiger partial charge in [0, 0.05) is 17.4 Å². The molecule has 0 saturated heterocycles. The van der Waals surface area contributed by atoms with E-state index in [1.54, 1.807) is 10.6 Å². The van der Waals surface area contributed by atoms with Gasteiger partial charge in [0.1, 0.15) is 4.70 Å².